The summed E-state index contributed by atoms with van der Waals surface area (Å²) in [5, 5.41) is 5.41. The smallest absolute Gasteiger partial charge is 0.141 e. The number of benzene rings is 2. The second kappa shape index (κ2) is 9.43. The number of hydrogen-bond acceptors (Lipinski definition) is 6. The first-order valence-electron chi connectivity index (χ1n) is 12.3. The number of aryl methyl sites for hydroxylation is 2. The Balaban J connectivity index is 1.61. The van der Waals surface area contributed by atoms with Gasteiger partial charge in [0.25, 0.3) is 0 Å². The standard InChI is InChI=1S/C28H26ClFN4O3/c1-15-26(16(2)37-33-15)21-11-23-20(12-25(21)35-3)27-24(13-31-23)32-28(17-6-8-36-9-7-17)34(27)14-18-4-5-19(30)10-22(18)29/h4-5,10-13,17H,6-9,14H2,1-3H3. The Kier molecular flexibility index (Phi) is 6.09. The summed E-state index contributed by atoms with van der Waals surface area (Å²) >= 11 is 6.47. The van der Waals surface area contributed by atoms with Crippen molar-refractivity contribution in [2.24, 2.45) is 0 Å². The number of methoxy groups -OCH3 is 1. The maximum absolute atomic E-state index is 13.8. The van der Waals surface area contributed by atoms with Gasteiger partial charge in [-0.2, -0.15) is 0 Å². The van der Waals surface area contributed by atoms with Gasteiger partial charge in [-0.1, -0.05) is 22.8 Å². The molecule has 0 N–H and O–H groups in total. The fourth-order valence-electron chi connectivity index (χ4n) is 5.34. The molecule has 0 aliphatic carbocycles. The molecule has 0 amide bonds. The van der Waals surface area contributed by atoms with E-state index in [9.17, 15) is 4.39 Å². The van der Waals surface area contributed by atoms with Crippen molar-refractivity contribution in [3.63, 3.8) is 0 Å². The number of fused-ring (bicyclic) bond motifs is 3. The fourth-order valence-corrected chi connectivity index (χ4v) is 5.56. The zero-order valence-electron chi connectivity index (χ0n) is 20.8. The van der Waals surface area contributed by atoms with E-state index in [0.29, 0.717) is 36.3 Å². The molecule has 6 rings (SSSR count). The van der Waals surface area contributed by atoms with Crippen LogP contribution in [0.4, 0.5) is 4.39 Å². The van der Waals surface area contributed by atoms with Crippen LogP contribution in [0, 0.1) is 19.7 Å². The molecule has 0 radical (unpaired) electrons. The van der Waals surface area contributed by atoms with Gasteiger partial charge in [-0.15, -0.1) is 0 Å². The average Bonchev–Trinajstić information content (AvgIpc) is 3.44. The van der Waals surface area contributed by atoms with Crippen molar-refractivity contribution in [3.8, 4) is 16.9 Å². The highest BCUT2D eigenvalue weighted by molar-refractivity contribution is 6.31. The summed E-state index contributed by atoms with van der Waals surface area (Å²) in [5.41, 5.74) is 5.91. The first-order chi connectivity index (χ1) is 17.9. The van der Waals surface area contributed by atoms with Crippen LogP contribution in [0.5, 0.6) is 5.75 Å². The van der Waals surface area contributed by atoms with Crippen molar-refractivity contribution < 1.29 is 18.4 Å². The molecule has 1 aliphatic rings. The van der Waals surface area contributed by atoms with Crippen LogP contribution in [0.3, 0.4) is 0 Å². The van der Waals surface area contributed by atoms with Gasteiger partial charge in [0.05, 0.1) is 42.1 Å². The monoisotopic (exact) mass is 520 g/mol. The summed E-state index contributed by atoms with van der Waals surface area (Å²) in [6.45, 7) is 5.64. The number of rotatable bonds is 5. The summed E-state index contributed by atoms with van der Waals surface area (Å²) in [6.07, 6.45) is 3.57. The van der Waals surface area contributed by atoms with Crippen LogP contribution in [0.2, 0.25) is 5.02 Å². The van der Waals surface area contributed by atoms with Gasteiger partial charge in [-0.25, -0.2) is 9.37 Å². The molecule has 9 heteroatoms. The fraction of sp³-hybridized carbons (Fsp3) is 0.321. The quantitative estimate of drug-likeness (QED) is 0.260. The Bertz CT molecular complexity index is 1620. The zero-order valence-corrected chi connectivity index (χ0v) is 21.6. The second-order valence-electron chi connectivity index (χ2n) is 9.44. The molecule has 0 unspecified atom stereocenters. The van der Waals surface area contributed by atoms with Crippen LogP contribution >= 0.6 is 11.6 Å². The molecule has 5 aromatic rings. The minimum Gasteiger partial charge on any atom is -0.496 e. The van der Waals surface area contributed by atoms with Crippen molar-refractivity contribution >= 4 is 33.5 Å². The molecule has 3 aromatic heterocycles. The molecule has 1 aliphatic heterocycles. The second-order valence-corrected chi connectivity index (χ2v) is 9.85. The molecular formula is C28H26ClFN4O3. The number of nitrogens with zero attached hydrogens (tertiary/aromatic N) is 4. The molecule has 37 heavy (non-hydrogen) atoms. The van der Waals surface area contributed by atoms with E-state index in [4.69, 9.17) is 35.6 Å². The zero-order chi connectivity index (χ0) is 25.7. The van der Waals surface area contributed by atoms with E-state index in [2.05, 4.69) is 9.72 Å². The maximum atomic E-state index is 13.8. The molecule has 4 heterocycles. The lowest BCUT2D eigenvalue weighted by Gasteiger charge is -2.23. The highest BCUT2D eigenvalue weighted by Crippen LogP contribution is 2.40. The molecule has 1 fully saturated rings. The molecule has 190 valence electrons. The predicted molar refractivity (Wildman–Crippen MR) is 140 cm³/mol. The van der Waals surface area contributed by atoms with E-state index in [1.54, 1.807) is 13.2 Å². The van der Waals surface area contributed by atoms with E-state index in [1.165, 1.54) is 12.1 Å². The molecule has 0 atom stereocenters. The van der Waals surface area contributed by atoms with Gasteiger partial charge in [-0.3, -0.25) is 4.98 Å². The highest BCUT2D eigenvalue weighted by Gasteiger charge is 2.26. The summed E-state index contributed by atoms with van der Waals surface area (Å²) < 4.78 is 32.9. The Morgan fingerprint density at radius 2 is 1.95 bits per heavy atom. The lowest BCUT2D eigenvalue weighted by molar-refractivity contribution is 0.0830. The Hall–Kier alpha value is -3.49. The van der Waals surface area contributed by atoms with Crippen molar-refractivity contribution in [2.75, 3.05) is 20.3 Å². The highest BCUT2D eigenvalue weighted by atomic mass is 35.5. The van der Waals surface area contributed by atoms with Crippen LogP contribution in [-0.2, 0) is 11.3 Å². The van der Waals surface area contributed by atoms with E-state index in [0.717, 1.165) is 63.0 Å². The number of aromatic nitrogens is 4. The van der Waals surface area contributed by atoms with Gasteiger partial charge >= 0.3 is 0 Å². The Labute approximate surface area is 218 Å². The van der Waals surface area contributed by atoms with Gasteiger partial charge in [-0.05, 0) is 56.5 Å². The van der Waals surface area contributed by atoms with Crippen molar-refractivity contribution in [2.45, 2.75) is 39.2 Å². The minimum atomic E-state index is -0.361. The van der Waals surface area contributed by atoms with E-state index in [-0.39, 0.29) is 11.7 Å². The Morgan fingerprint density at radius 1 is 1.14 bits per heavy atom. The van der Waals surface area contributed by atoms with Crippen molar-refractivity contribution in [1.29, 1.82) is 0 Å². The number of pyridine rings is 1. The number of imidazole rings is 1. The largest absolute Gasteiger partial charge is 0.496 e. The third kappa shape index (κ3) is 4.14. The van der Waals surface area contributed by atoms with Gasteiger partial charge in [0.15, 0.2) is 0 Å². The third-order valence-corrected chi connectivity index (χ3v) is 7.51. The first-order valence-corrected chi connectivity index (χ1v) is 12.6. The number of halogens is 2. The van der Waals surface area contributed by atoms with Crippen LogP contribution in [-0.4, -0.2) is 40.0 Å². The van der Waals surface area contributed by atoms with Gasteiger partial charge in [0.1, 0.15) is 28.7 Å². The van der Waals surface area contributed by atoms with Crippen molar-refractivity contribution in [1.82, 2.24) is 19.7 Å². The SMILES string of the molecule is COc1cc2c(cc1-c1c(C)noc1C)ncc1nc(C3CCOCC3)n(Cc3ccc(F)cc3Cl)c12. The van der Waals surface area contributed by atoms with Crippen LogP contribution in [0.1, 0.15) is 41.6 Å². The molecule has 0 saturated carbocycles. The maximum Gasteiger partial charge on any atom is 0.141 e. The lowest BCUT2D eigenvalue weighted by Crippen LogP contribution is -2.18. The minimum absolute atomic E-state index is 0.235. The average molecular weight is 521 g/mol. The predicted octanol–water partition coefficient (Wildman–Crippen LogP) is 6.60. The van der Waals surface area contributed by atoms with Gasteiger partial charge in [0.2, 0.25) is 0 Å². The van der Waals surface area contributed by atoms with Gasteiger partial charge < -0.3 is 18.6 Å². The number of ether oxygens (including phenoxy) is 2. The van der Waals surface area contributed by atoms with E-state index < -0.39 is 0 Å². The van der Waals surface area contributed by atoms with E-state index in [1.807, 2.05) is 32.2 Å². The van der Waals surface area contributed by atoms with Gasteiger partial charge in [0, 0.05) is 35.1 Å². The molecule has 7 nitrogen and oxygen atoms in total. The van der Waals surface area contributed by atoms with Crippen LogP contribution < -0.4 is 4.74 Å². The summed E-state index contributed by atoms with van der Waals surface area (Å²) in [4.78, 5) is 9.82. The third-order valence-electron chi connectivity index (χ3n) is 7.16. The lowest BCUT2D eigenvalue weighted by atomic mass is 9.99. The van der Waals surface area contributed by atoms with Crippen LogP contribution in [0.15, 0.2) is 41.1 Å². The topological polar surface area (TPSA) is 75.2 Å². The molecule has 1 saturated heterocycles. The van der Waals surface area contributed by atoms with E-state index >= 15 is 0 Å². The molecule has 0 bridgehead atoms. The molecule has 2 aromatic carbocycles. The normalized spacial score (nSPS) is 14.6. The summed E-state index contributed by atoms with van der Waals surface area (Å²) in [6, 6.07) is 8.53. The Morgan fingerprint density at radius 3 is 2.65 bits per heavy atom. The summed E-state index contributed by atoms with van der Waals surface area (Å²) in [7, 11) is 1.65. The molecular weight excluding hydrogens is 495 g/mol. The number of hydrogen-bond donors (Lipinski definition) is 0. The van der Waals surface area contributed by atoms with Crippen molar-refractivity contribution in [3.05, 3.63) is 70.2 Å². The van der Waals surface area contributed by atoms with Crippen LogP contribution in [0.25, 0.3) is 33.1 Å². The molecule has 0 spiro atoms. The first kappa shape index (κ1) is 23.9. The summed E-state index contributed by atoms with van der Waals surface area (Å²) in [5.74, 6) is 2.24.